The van der Waals surface area contributed by atoms with Crippen molar-refractivity contribution in [3.8, 4) is 21.7 Å². The minimum atomic E-state index is 0.572. The molecule has 3 aromatic rings. The third-order valence-electron chi connectivity index (χ3n) is 2.99. The molecule has 0 saturated carbocycles. The van der Waals surface area contributed by atoms with Crippen molar-refractivity contribution in [3.05, 3.63) is 64.6 Å². The first-order valence-electron chi connectivity index (χ1n) is 6.02. The van der Waals surface area contributed by atoms with Crippen molar-refractivity contribution in [2.45, 2.75) is 6.92 Å². The topological polar surface area (TPSA) is 12.9 Å². The Kier molecular flexibility index (Phi) is 3.36. The highest BCUT2D eigenvalue weighted by molar-refractivity contribution is 7.13. The van der Waals surface area contributed by atoms with Gasteiger partial charge in [-0.1, -0.05) is 48.0 Å². The lowest BCUT2D eigenvalue weighted by Crippen LogP contribution is -1.91. The van der Waals surface area contributed by atoms with E-state index in [1.165, 1.54) is 0 Å². The molecule has 0 N–H and O–H groups in total. The second-order valence-electron chi connectivity index (χ2n) is 4.34. The molecule has 0 aliphatic rings. The molecule has 1 aromatic carbocycles. The smallest absolute Gasteiger partial charge is 0.132 e. The summed E-state index contributed by atoms with van der Waals surface area (Å²) in [5, 5.41) is 2.63. The first-order valence-corrected chi connectivity index (χ1v) is 7.28. The first kappa shape index (κ1) is 12.4. The van der Waals surface area contributed by atoms with E-state index in [4.69, 9.17) is 11.6 Å². The molecule has 0 unspecified atom stereocenters. The van der Waals surface area contributed by atoms with E-state index >= 15 is 0 Å². The summed E-state index contributed by atoms with van der Waals surface area (Å²) in [6.07, 6.45) is 0. The Labute approximate surface area is 121 Å². The molecule has 0 amide bonds. The zero-order valence-corrected chi connectivity index (χ0v) is 12.0. The lowest BCUT2D eigenvalue weighted by atomic mass is 10.0. The normalized spacial score (nSPS) is 10.6. The highest BCUT2D eigenvalue weighted by Crippen LogP contribution is 2.35. The Morgan fingerprint density at radius 1 is 1.05 bits per heavy atom. The molecule has 2 aromatic heterocycles. The molecule has 0 bridgehead atoms. The second-order valence-corrected chi connectivity index (χ2v) is 5.64. The average Bonchev–Trinajstić information content (AvgIpc) is 2.96. The van der Waals surface area contributed by atoms with Gasteiger partial charge in [-0.25, -0.2) is 4.98 Å². The predicted molar refractivity (Wildman–Crippen MR) is 82.7 cm³/mol. The van der Waals surface area contributed by atoms with Crippen molar-refractivity contribution in [1.29, 1.82) is 0 Å². The van der Waals surface area contributed by atoms with Crippen LogP contribution in [0.3, 0.4) is 0 Å². The summed E-state index contributed by atoms with van der Waals surface area (Å²) in [7, 11) is 0. The van der Waals surface area contributed by atoms with Gasteiger partial charge in [-0.15, -0.1) is 11.3 Å². The number of hydrogen-bond acceptors (Lipinski definition) is 2. The summed E-state index contributed by atoms with van der Waals surface area (Å²) in [6.45, 7) is 1.99. The first-order chi connectivity index (χ1) is 9.25. The summed E-state index contributed by atoms with van der Waals surface area (Å²) in [5.41, 5.74) is 4.25. The Hall–Kier alpha value is -1.64. The molecule has 0 radical (unpaired) electrons. The summed E-state index contributed by atoms with van der Waals surface area (Å²) in [6, 6.07) is 16.5. The second kappa shape index (κ2) is 5.16. The van der Waals surface area contributed by atoms with Crippen LogP contribution >= 0.6 is 22.9 Å². The van der Waals surface area contributed by atoms with E-state index in [0.29, 0.717) is 5.15 Å². The van der Waals surface area contributed by atoms with E-state index in [1.807, 2.05) is 31.2 Å². The highest BCUT2D eigenvalue weighted by Gasteiger charge is 2.12. The van der Waals surface area contributed by atoms with Crippen molar-refractivity contribution in [2.24, 2.45) is 0 Å². The predicted octanol–water partition coefficient (Wildman–Crippen LogP) is 5.44. The Morgan fingerprint density at radius 2 is 1.84 bits per heavy atom. The van der Waals surface area contributed by atoms with Crippen LogP contribution in [0.4, 0.5) is 0 Å². The van der Waals surface area contributed by atoms with Gasteiger partial charge in [0.05, 0.1) is 10.6 Å². The van der Waals surface area contributed by atoms with Crippen LogP contribution in [0.1, 0.15) is 5.56 Å². The standard InChI is InChI=1S/C16H12ClNS/c1-11-10-13(12-6-3-2-4-7-12)15(18-16(11)17)14-8-5-9-19-14/h2-10H,1H3. The molecule has 94 valence electrons. The quantitative estimate of drug-likeness (QED) is 0.571. The SMILES string of the molecule is Cc1cc(-c2ccccc2)c(-c2cccs2)nc1Cl. The molecule has 0 fully saturated rings. The van der Waals surface area contributed by atoms with Gasteiger partial charge in [0.15, 0.2) is 0 Å². The minimum absolute atomic E-state index is 0.572. The lowest BCUT2D eigenvalue weighted by molar-refractivity contribution is 1.28. The zero-order chi connectivity index (χ0) is 13.2. The molecule has 0 saturated heterocycles. The fraction of sp³-hybridized carbons (Fsp3) is 0.0625. The van der Waals surface area contributed by atoms with Crippen LogP contribution in [-0.2, 0) is 0 Å². The molecule has 0 spiro atoms. The van der Waals surface area contributed by atoms with E-state index in [-0.39, 0.29) is 0 Å². The van der Waals surface area contributed by atoms with Crippen LogP contribution in [0.15, 0.2) is 53.9 Å². The molecule has 19 heavy (non-hydrogen) atoms. The van der Waals surface area contributed by atoms with Gasteiger partial charge >= 0.3 is 0 Å². The van der Waals surface area contributed by atoms with Crippen molar-refractivity contribution in [1.82, 2.24) is 4.98 Å². The zero-order valence-electron chi connectivity index (χ0n) is 10.4. The number of aryl methyl sites for hydroxylation is 1. The molecule has 0 aliphatic carbocycles. The van der Waals surface area contributed by atoms with Gasteiger partial charge < -0.3 is 0 Å². The molecule has 3 heteroatoms. The van der Waals surface area contributed by atoms with Crippen molar-refractivity contribution in [2.75, 3.05) is 0 Å². The number of rotatable bonds is 2. The molecule has 2 heterocycles. The van der Waals surface area contributed by atoms with Crippen molar-refractivity contribution < 1.29 is 0 Å². The molecule has 0 aliphatic heterocycles. The summed E-state index contributed by atoms with van der Waals surface area (Å²) < 4.78 is 0. The van der Waals surface area contributed by atoms with Crippen LogP contribution in [0, 0.1) is 6.92 Å². The van der Waals surface area contributed by atoms with Gasteiger partial charge in [0, 0.05) is 5.56 Å². The van der Waals surface area contributed by atoms with Gasteiger partial charge in [0.1, 0.15) is 5.15 Å². The van der Waals surface area contributed by atoms with Gasteiger partial charge in [0.2, 0.25) is 0 Å². The number of pyridine rings is 1. The van der Waals surface area contributed by atoms with Gasteiger partial charge in [-0.05, 0) is 35.6 Å². The number of nitrogens with zero attached hydrogens (tertiary/aromatic N) is 1. The maximum atomic E-state index is 6.18. The van der Waals surface area contributed by atoms with Crippen molar-refractivity contribution >= 4 is 22.9 Å². The summed E-state index contributed by atoms with van der Waals surface area (Å²) in [5.74, 6) is 0. The Balaban J connectivity index is 2.26. The van der Waals surface area contributed by atoms with Crippen LogP contribution in [0.2, 0.25) is 5.15 Å². The minimum Gasteiger partial charge on any atom is -0.234 e. The summed E-state index contributed by atoms with van der Waals surface area (Å²) >= 11 is 7.86. The lowest BCUT2D eigenvalue weighted by Gasteiger charge is -2.10. The number of hydrogen-bond donors (Lipinski definition) is 0. The molecule has 0 atom stereocenters. The van der Waals surface area contributed by atoms with E-state index < -0.39 is 0 Å². The van der Waals surface area contributed by atoms with Crippen LogP contribution < -0.4 is 0 Å². The van der Waals surface area contributed by atoms with Gasteiger partial charge in [0.25, 0.3) is 0 Å². The molecule has 1 nitrogen and oxygen atoms in total. The van der Waals surface area contributed by atoms with E-state index in [2.05, 4.69) is 34.6 Å². The monoisotopic (exact) mass is 285 g/mol. The number of halogens is 1. The summed E-state index contributed by atoms with van der Waals surface area (Å²) in [4.78, 5) is 5.71. The van der Waals surface area contributed by atoms with Crippen LogP contribution in [0.25, 0.3) is 21.7 Å². The Bertz CT molecular complexity index is 690. The largest absolute Gasteiger partial charge is 0.234 e. The highest BCUT2D eigenvalue weighted by atomic mass is 35.5. The fourth-order valence-corrected chi connectivity index (χ4v) is 2.90. The average molecular weight is 286 g/mol. The van der Waals surface area contributed by atoms with Crippen LogP contribution in [0.5, 0.6) is 0 Å². The van der Waals surface area contributed by atoms with E-state index in [1.54, 1.807) is 11.3 Å². The fourth-order valence-electron chi connectivity index (χ4n) is 2.03. The van der Waals surface area contributed by atoms with Crippen molar-refractivity contribution in [3.63, 3.8) is 0 Å². The van der Waals surface area contributed by atoms with Gasteiger partial charge in [-0.2, -0.15) is 0 Å². The maximum Gasteiger partial charge on any atom is 0.132 e. The third-order valence-corrected chi connectivity index (χ3v) is 4.25. The van der Waals surface area contributed by atoms with E-state index in [0.717, 1.165) is 27.3 Å². The van der Waals surface area contributed by atoms with Crippen LogP contribution in [-0.4, -0.2) is 4.98 Å². The maximum absolute atomic E-state index is 6.18. The Morgan fingerprint density at radius 3 is 2.53 bits per heavy atom. The molecular weight excluding hydrogens is 274 g/mol. The number of aromatic nitrogens is 1. The van der Waals surface area contributed by atoms with E-state index in [9.17, 15) is 0 Å². The third kappa shape index (κ3) is 2.42. The number of benzene rings is 1. The van der Waals surface area contributed by atoms with Gasteiger partial charge in [-0.3, -0.25) is 0 Å². The molecule has 3 rings (SSSR count). The molecular formula is C16H12ClNS. The number of thiophene rings is 1.